The summed E-state index contributed by atoms with van der Waals surface area (Å²) in [6.45, 7) is 6.39. The highest BCUT2D eigenvalue weighted by Gasteiger charge is 2.16. The molecule has 0 saturated heterocycles. The van der Waals surface area contributed by atoms with E-state index in [4.69, 9.17) is 4.52 Å². The van der Waals surface area contributed by atoms with E-state index in [1.54, 1.807) is 10.7 Å². The van der Waals surface area contributed by atoms with Crippen molar-refractivity contribution in [1.82, 2.24) is 25.2 Å². The second-order valence-corrected chi connectivity index (χ2v) is 4.33. The standard InChI is InChI=1S/C12H17N5O2/c1-4-17-12(13-7-14-17)9(3)15-11(18)6-10-5-8(2)16-19-10/h5,7,9H,4,6H2,1-3H3,(H,15,18)/t9-/m1/s1. The lowest BCUT2D eigenvalue weighted by Gasteiger charge is -2.13. The molecule has 0 saturated carbocycles. The first-order chi connectivity index (χ1) is 9.10. The minimum atomic E-state index is -0.195. The molecule has 0 aliphatic heterocycles. The first-order valence-electron chi connectivity index (χ1n) is 6.19. The number of hydrogen-bond acceptors (Lipinski definition) is 5. The summed E-state index contributed by atoms with van der Waals surface area (Å²) in [5, 5.41) is 10.7. The van der Waals surface area contributed by atoms with Gasteiger partial charge >= 0.3 is 0 Å². The summed E-state index contributed by atoms with van der Waals surface area (Å²) in [7, 11) is 0. The molecule has 1 atom stereocenters. The lowest BCUT2D eigenvalue weighted by Crippen LogP contribution is -2.30. The van der Waals surface area contributed by atoms with Crippen molar-refractivity contribution in [2.75, 3.05) is 0 Å². The van der Waals surface area contributed by atoms with Crippen molar-refractivity contribution in [3.8, 4) is 0 Å². The van der Waals surface area contributed by atoms with E-state index in [9.17, 15) is 4.79 Å². The van der Waals surface area contributed by atoms with Crippen LogP contribution in [0.2, 0.25) is 0 Å². The van der Waals surface area contributed by atoms with E-state index in [0.29, 0.717) is 5.76 Å². The molecule has 1 N–H and O–H groups in total. The minimum Gasteiger partial charge on any atom is -0.361 e. The fraction of sp³-hybridized carbons (Fsp3) is 0.500. The van der Waals surface area contributed by atoms with Gasteiger partial charge in [0.25, 0.3) is 0 Å². The van der Waals surface area contributed by atoms with Crippen LogP contribution in [-0.2, 0) is 17.8 Å². The zero-order valence-corrected chi connectivity index (χ0v) is 11.3. The molecule has 0 aromatic carbocycles. The predicted molar refractivity (Wildman–Crippen MR) is 67.2 cm³/mol. The van der Waals surface area contributed by atoms with Gasteiger partial charge in [0.15, 0.2) is 0 Å². The van der Waals surface area contributed by atoms with Gasteiger partial charge in [-0.3, -0.25) is 4.79 Å². The summed E-state index contributed by atoms with van der Waals surface area (Å²) in [5.41, 5.74) is 0.765. The predicted octanol–water partition coefficient (Wildman–Crippen LogP) is 1.01. The van der Waals surface area contributed by atoms with Gasteiger partial charge in [0, 0.05) is 12.6 Å². The van der Waals surface area contributed by atoms with Gasteiger partial charge in [-0.2, -0.15) is 5.10 Å². The highest BCUT2D eigenvalue weighted by Crippen LogP contribution is 2.09. The summed E-state index contributed by atoms with van der Waals surface area (Å²) in [4.78, 5) is 16.0. The van der Waals surface area contributed by atoms with Crippen LogP contribution in [0.15, 0.2) is 16.9 Å². The van der Waals surface area contributed by atoms with Crippen LogP contribution in [0, 0.1) is 6.92 Å². The molecular weight excluding hydrogens is 246 g/mol. The Morgan fingerprint density at radius 1 is 1.58 bits per heavy atom. The summed E-state index contributed by atoms with van der Waals surface area (Å²) >= 11 is 0. The molecular formula is C12H17N5O2. The second kappa shape index (κ2) is 5.64. The molecule has 2 aromatic rings. The zero-order valence-electron chi connectivity index (χ0n) is 11.3. The van der Waals surface area contributed by atoms with Gasteiger partial charge < -0.3 is 9.84 Å². The number of nitrogens with zero attached hydrogens (tertiary/aromatic N) is 4. The average Bonchev–Trinajstić information content (AvgIpc) is 2.97. The SMILES string of the molecule is CCn1ncnc1[C@@H](C)NC(=O)Cc1cc(C)no1. The molecule has 7 nitrogen and oxygen atoms in total. The Balaban J connectivity index is 1.95. The summed E-state index contributed by atoms with van der Waals surface area (Å²) in [6.07, 6.45) is 1.66. The van der Waals surface area contributed by atoms with Crippen LogP contribution >= 0.6 is 0 Å². The lowest BCUT2D eigenvalue weighted by atomic mass is 10.2. The Hall–Kier alpha value is -2.18. The van der Waals surface area contributed by atoms with Crippen molar-refractivity contribution in [3.05, 3.63) is 29.7 Å². The molecule has 0 fully saturated rings. The Labute approximate surface area is 111 Å². The van der Waals surface area contributed by atoms with Crippen LogP contribution in [0.4, 0.5) is 0 Å². The van der Waals surface area contributed by atoms with Crippen molar-refractivity contribution in [1.29, 1.82) is 0 Å². The second-order valence-electron chi connectivity index (χ2n) is 4.33. The monoisotopic (exact) mass is 263 g/mol. The van der Waals surface area contributed by atoms with Gasteiger partial charge in [0.05, 0.1) is 18.2 Å². The maximum absolute atomic E-state index is 11.9. The third-order valence-electron chi connectivity index (χ3n) is 2.72. The van der Waals surface area contributed by atoms with Crippen molar-refractivity contribution >= 4 is 5.91 Å². The number of carbonyl (C=O) groups is 1. The minimum absolute atomic E-state index is 0.130. The third kappa shape index (κ3) is 3.18. The van der Waals surface area contributed by atoms with E-state index in [-0.39, 0.29) is 18.4 Å². The Kier molecular flexibility index (Phi) is 3.94. The van der Waals surface area contributed by atoms with Crippen LogP contribution in [0.3, 0.4) is 0 Å². The third-order valence-corrected chi connectivity index (χ3v) is 2.72. The van der Waals surface area contributed by atoms with Crippen molar-refractivity contribution in [2.24, 2.45) is 0 Å². The van der Waals surface area contributed by atoms with Gasteiger partial charge in [0.1, 0.15) is 17.9 Å². The number of nitrogens with one attached hydrogen (secondary N) is 1. The molecule has 0 unspecified atom stereocenters. The highest BCUT2D eigenvalue weighted by atomic mass is 16.5. The molecule has 2 aromatic heterocycles. The molecule has 1 amide bonds. The molecule has 0 aliphatic carbocycles. The Morgan fingerprint density at radius 3 is 3.00 bits per heavy atom. The maximum Gasteiger partial charge on any atom is 0.228 e. The molecule has 2 heterocycles. The van der Waals surface area contributed by atoms with Gasteiger partial charge in [0.2, 0.25) is 5.91 Å². The molecule has 0 bridgehead atoms. The topological polar surface area (TPSA) is 85.8 Å². The molecule has 0 aliphatic rings. The zero-order chi connectivity index (χ0) is 13.8. The molecule has 102 valence electrons. The summed E-state index contributed by atoms with van der Waals surface area (Å²) in [5.74, 6) is 1.16. The van der Waals surface area contributed by atoms with Crippen LogP contribution in [-0.4, -0.2) is 25.8 Å². The fourth-order valence-corrected chi connectivity index (χ4v) is 1.87. The number of rotatable bonds is 5. The van der Waals surface area contributed by atoms with E-state index in [2.05, 4.69) is 20.6 Å². The van der Waals surface area contributed by atoms with E-state index >= 15 is 0 Å². The first kappa shape index (κ1) is 13.3. The Bertz CT molecular complexity index is 560. The first-order valence-corrected chi connectivity index (χ1v) is 6.19. The molecule has 19 heavy (non-hydrogen) atoms. The number of aromatic nitrogens is 4. The van der Waals surface area contributed by atoms with Crippen LogP contribution in [0.5, 0.6) is 0 Å². The Morgan fingerprint density at radius 2 is 2.37 bits per heavy atom. The van der Waals surface area contributed by atoms with E-state index in [1.807, 2.05) is 20.8 Å². The van der Waals surface area contributed by atoms with E-state index in [0.717, 1.165) is 18.1 Å². The van der Waals surface area contributed by atoms with E-state index in [1.165, 1.54) is 6.33 Å². The number of hydrogen-bond donors (Lipinski definition) is 1. The quantitative estimate of drug-likeness (QED) is 0.870. The molecule has 2 rings (SSSR count). The maximum atomic E-state index is 11.9. The van der Waals surface area contributed by atoms with Crippen LogP contribution < -0.4 is 5.32 Å². The summed E-state index contributed by atoms with van der Waals surface area (Å²) < 4.78 is 6.76. The van der Waals surface area contributed by atoms with Gasteiger partial charge in [-0.05, 0) is 20.8 Å². The highest BCUT2D eigenvalue weighted by molar-refractivity contribution is 5.78. The summed E-state index contributed by atoms with van der Waals surface area (Å²) in [6, 6.07) is 1.55. The molecule has 0 radical (unpaired) electrons. The van der Waals surface area contributed by atoms with Crippen LogP contribution in [0.25, 0.3) is 0 Å². The largest absolute Gasteiger partial charge is 0.361 e. The smallest absolute Gasteiger partial charge is 0.228 e. The van der Waals surface area contributed by atoms with E-state index < -0.39 is 0 Å². The number of amides is 1. The molecule has 0 spiro atoms. The van der Waals surface area contributed by atoms with Gasteiger partial charge in [-0.1, -0.05) is 5.16 Å². The van der Waals surface area contributed by atoms with Crippen LogP contribution in [0.1, 0.15) is 37.2 Å². The normalized spacial score (nSPS) is 12.4. The van der Waals surface area contributed by atoms with Crippen molar-refractivity contribution in [2.45, 2.75) is 39.8 Å². The van der Waals surface area contributed by atoms with Crippen molar-refractivity contribution in [3.63, 3.8) is 0 Å². The number of aryl methyl sites for hydroxylation is 2. The molecule has 7 heteroatoms. The van der Waals surface area contributed by atoms with Crippen molar-refractivity contribution < 1.29 is 9.32 Å². The number of carbonyl (C=O) groups excluding carboxylic acids is 1. The van der Waals surface area contributed by atoms with Gasteiger partial charge in [-0.25, -0.2) is 9.67 Å². The fourth-order valence-electron chi connectivity index (χ4n) is 1.87. The average molecular weight is 263 g/mol. The van der Waals surface area contributed by atoms with Gasteiger partial charge in [-0.15, -0.1) is 0 Å². The lowest BCUT2D eigenvalue weighted by molar-refractivity contribution is -0.121.